The number of phenolic OH excluding ortho intramolecular Hbond substituents is 1. The minimum Gasteiger partial charge on any atom is -0.507 e. The Bertz CT molecular complexity index is 794. The van der Waals surface area contributed by atoms with Crippen molar-refractivity contribution in [2.75, 3.05) is 40.2 Å². The molecular formula is C21H26N2O3. The van der Waals surface area contributed by atoms with Crippen LogP contribution in [0.1, 0.15) is 21.5 Å². The van der Waals surface area contributed by atoms with Crippen molar-refractivity contribution in [3.63, 3.8) is 0 Å². The van der Waals surface area contributed by atoms with Gasteiger partial charge in [-0.15, -0.1) is 0 Å². The fourth-order valence-electron chi connectivity index (χ4n) is 2.62. The van der Waals surface area contributed by atoms with E-state index in [9.17, 15) is 9.90 Å². The Balaban J connectivity index is 2.26. The second kappa shape index (κ2) is 8.54. The monoisotopic (exact) mass is 354 g/mol. The summed E-state index contributed by atoms with van der Waals surface area (Å²) in [5, 5.41) is 10.5. The Hall–Kier alpha value is -2.79. The van der Waals surface area contributed by atoms with Gasteiger partial charge >= 0.3 is 0 Å². The molecule has 0 aliphatic heterocycles. The number of allylic oxidation sites excluding steroid dienone is 1. The van der Waals surface area contributed by atoms with Gasteiger partial charge in [0.1, 0.15) is 11.5 Å². The van der Waals surface area contributed by atoms with Crippen LogP contribution in [0.25, 0.3) is 6.08 Å². The zero-order valence-electron chi connectivity index (χ0n) is 16.0. The first-order valence-electron chi connectivity index (χ1n) is 8.37. The van der Waals surface area contributed by atoms with Gasteiger partial charge in [0, 0.05) is 26.3 Å². The van der Waals surface area contributed by atoms with Crippen LogP contribution in [-0.2, 0) is 6.54 Å². The average molecular weight is 354 g/mol. The number of methoxy groups -OCH3 is 1. The molecule has 0 fully saturated rings. The van der Waals surface area contributed by atoms with E-state index in [0.717, 1.165) is 11.3 Å². The number of aromatic hydroxyl groups is 1. The number of ketones is 1. The van der Waals surface area contributed by atoms with Gasteiger partial charge in [0.2, 0.25) is 0 Å². The third-order valence-corrected chi connectivity index (χ3v) is 4.04. The first-order valence-corrected chi connectivity index (χ1v) is 8.37. The van der Waals surface area contributed by atoms with E-state index in [4.69, 9.17) is 4.74 Å². The highest BCUT2D eigenvalue weighted by Crippen LogP contribution is 2.32. The average Bonchev–Trinajstić information content (AvgIpc) is 2.61. The van der Waals surface area contributed by atoms with E-state index in [0.29, 0.717) is 17.9 Å². The number of benzene rings is 2. The van der Waals surface area contributed by atoms with Crippen molar-refractivity contribution in [2.24, 2.45) is 0 Å². The van der Waals surface area contributed by atoms with Crippen LogP contribution in [0.3, 0.4) is 0 Å². The molecule has 26 heavy (non-hydrogen) atoms. The van der Waals surface area contributed by atoms with Crippen molar-refractivity contribution >= 4 is 17.5 Å². The minimum absolute atomic E-state index is 0.0318. The van der Waals surface area contributed by atoms with E-state index in [1.54, 1.807) is 25.3 Å². The summed E-state index contributed by atoms with van der Waals surface area (Å²) in [5.41, 5.74) is 2.89. The molecule has 0 spiro atoms. The van der Waals surface area contributed by atoms with Crippen LogP contribution in [0, 0.1) is 0 Å². The lowest BCUT2D eigenvalue weighted by Crippen LogP contribution is -2.12. The molecule has 2 rings (SSSR count). The van der Waals surface area contributed by atoms with Gasteiger partial charge in [-0.05, 0) is 50.0 Å². The quantitative estimate of drug-likeness (QED) is 0.610. The molecule has 0 heterocycles. The second-order valence-electron chi connectivity index (χ2n) is 6.56. The number of carbonyl (C=O) groups excluding carboxylic acids is 1. The Kier molecular flexibility index (Phi) is 6.41. The fraction of sp³-hybridized carbons (Fsp3) is 0.286. The van der Waals surface area contributed by atoms with E-state index in [1.807, 2.05) is 62.3 Å². The van der Waals surface area contributed by atoms with Gasteiger partial charge in [0.25, 0.3) is 0 Å². The second-order valence-corrected chi connectivity index (χ2v) is 6.56. The van der Waals surface area contributed by atoms with Gasteiger partial charge in [-0.25, -0.2) is 0 Å². The van der Waals surface area contributed by atoms with Crippen LogP contribution in [0.2, 0.25) is 0 Å². The van der Waals surface area contributed by atoms with Crippen LogP contribution in [-0.4, -0.2) is 51.1 Å². The van der Waals surface area contributed by atoms with Crippen molar-refractivity contribution in [3.8, 4) is 11.5 Å². The molecule has 0 bridgehead atoms. The van der Waals surface area contributed by atoms with Crippen molar-refractivity contribution in [3.05, 3.63) is 59.2 Å². The molecule has 2 aromatic carbocycles. The molecule has 0 aliphatic carbocycles. The summed E-state index contributed by atoms with van der Waals surface area (Å²) in [4.78, 5) is 16.5. The normalized spacial score (nSPS) is 11.2. The maximum absolute atomic E-state index is 12.5. The van der Waals surface area contributed by atoms with E-state index in [2.05, 4.69) is 0 Å². The zero-order chi connectivity index (χ0) is 19.3. The molecule has 0 radical (unpaired) electrons. The number of carbonyl (C=O) groups is 1. The summed E-state index contributed by atoms with van der Waals surface area (Å²) in [7, 11) is 9.29. The zero-order valence-corrected chi connectivity index (χ0v) is 16.0. The molecule has 0 saturated heterocycles. The van der Waals surface area contributed by atoms with E-state index >= 15 is 0 Å². The lowest BCUT2D eigenvalue weighted by atomic mass is 10.0. The predicted octanol–water partition coefficient (Wildman–Crippen LogP) is 3.42. The van der Waals surface area contributed by atoms with Crippen LogP contribution in [0.15, 0.2) is 42.5 Å². The first-order chi connectivity index (χ1) is 12.3. The molecule has 2 aromatic rings. The lowest BCUT2D eigenvalue weighted by Gasteiger charge is -2.16. The topological polar surface area (TPSA) is 53.0 Å². The molecule has 0 aliphatic rings. The highest BCUT2D eigenvalue weighted by atomic mass is 16.5. The van der Waals surface area contributed by atoms with Crippen molar-refractivity contribution in [1.29, 1.82) is 0 Å². The van der Waals surface area contributed by atoms with Gasteiger partial charge in [-0.1, -0.05) is 18.2 Å². The number of rotatable bonds is 7. The number of phenols is 1. The fourth-order valence-corrected chi connectivity index (χ4v) is 2.62. The predicted molar refractivity (Wildman–Crippen MR) is 106 cm³/mol. The molecule has 5 nitrogen and oxygen atoms in total. The Morgan fingerprint density at radius 3 is 2.27 bits per heavy atom. The maximum atomic E-state index is 12.5. The highest BCUT2D eigenvalue weighted by molar-refractivity contribution is 6.09. The van der Waals surface area contributed by atoms with Crippen LogP contribution in [0.5, 0.6) is 11.5 Å². The smallest absolute Gasteiger partial charge is 0.189 e. The van der Waals surface area contributed by atoms with Crippen molar-refractivity contribution in [1.82, 2.24) is 4.90 Å². The van der Waals surface area contributed by atoms with Crippen LogP contribution < -0.4 is 9.64 Å². The summed E-state index contributed by atoms with van der Waals surface area (Å²) in [6.45, 7) is 0.478. The summed E-state index contributed by atoms with van der Waals surface area (Å²) < 4.78 is 5.30. The minimum atomic E-state index is -0.248. The van der Waals surface area contributed by atoms with Crippen molar-refractivity contribution in [2.45, 2.75) is 6.54 Å². The number of nitrogens with zero attached hydrogens (tertiary/aromatic N) is 2. The molecule has 0 unspecified atom stereocenters. The van der Waals surface area contributed by atoms with Crippen LogP contribution in [0.4, 0.5) is 5.69 Å². The number of hydrogen-bond acceptors (Lipinski definition) is 5. The highest BCUT2D eigenvalue weighted by Gasteiger charge is 2.17. The Morgan fingerprint density at radius 2 is 1.73 bits per heavy atom. The molecule has 0 atom stereocenters. The molecule has 0 amide bonds. The lowest BCUT2D eigenvalue weighted by molar-refractivity contribution is 0.104. The standard InChI is InChI=1S/C21H26N2O3/c1-22(2)14-18-20(26-5)13-11-17(21(18)25)19(24)12-8-15-6-9-16(10-7-15)23(3)4/h6-13,25H,14H2,1-5H3/b12-8+. The number of ether oxygens (including phenoxy) is 1. The molecule has 5 heteroatoms. The van der Waals surface area contributed by atoms with Gasteiger partial charge in [0.05, 0.1) is 18.2 Å². The van der Waals surface area contributed by atoms with Crippen LogP contribution >= 0.6 is 0 Å². The Morgan fingerprint density at radius 1 is 1.08 bits per heavy atom. The summed E-state index contributed by atoms with van der Waals surface area (Å²) in [5.74, 6) is 0.286. The summed E-state index contributed by atoms with van der Waals surface area (Å²) >= 11 is 0. The maximum Gasteiger partial charge on any atom is 0.189 e. The van der Waals surface area contributed by atoms with E-state index in [-0.39, 0.29) is 17.1 Å². The van der Waals surface area contributed by atoms with Gasteiger partial charge in [0.15, 0.2) is 5.78 Å². The van der Waals surface area contributed by atoms with Gasteiger partial charge < -0.3 is 19.6 Å². The van der Waals surface area contributed by atoms with Gasteiger partial charge in [-0.2, -0.15) is 0 Å². The van der Waals surface area contributed by atoms with E-state index < -0.39 is 0 Å². The number of hydrogen-bond donors (Lipinski definition) is 1. The molecule has 1 N–H and O–H groups in total. The summed E-state index contributed by atoms with van der Waals surface area (Å²) in [6, 6.07) is 11.2. The summed E-state index contributed by atoms with van der Waals surface area (Å²) in [6.07, 6.45) is 3.22. The largest absolute Gasteiger partial charge is 0.507 e. The molecule has 138 valence electrons. The SMILES string of the molecule is COc1ccc(C(=O)/C=C/c2ccc(N(C)C)cc2)c(O)c1CN(C)C. The van der Waals surface area contributed by atoms with Crippen molar-refractivity contribution < 1.29 is 14.6 Å². The third-order valence-electron chi connectivity index (χ3n) is 4.04. The third kappa shape index (κ3) is 4.64. The van der Waals surface area contributed by atoms with Gasteiger partial charge in [-0.3, -0.25) is 4.79 Å². The first kappa shape index (κ1) is 19.5. The molecule has 0 saturated carbocycles. The molecular weight excluding hydrogens is 328 g/mol. The Labute approximate surface area is 155 Å². The number of anilines is 1. The van der Waals surface area contributed by atoms with E-state index in [1.165, 1.54) is 6.08 Å². The molecule has 0 aromatic heterocycles.